The summed E-state index contributed by atoms with van der Waals surface area (Å²) in [7, 11) is 1.15. The predicted molar refractivity (Wildman–Crippen MR) is 63.0 cm³/mol. The quantitative estimate of drug-likeness (QED) is 0.547. The molecule has 6 heteroatoms. The number of carbonyl (C=O) groups excluding carboxylic acids is 3. The number of ether oxygens (including phenoxy) is 2. The third kappa shape index (κ3) is 3.45. The Labute approximate surface area is 106 Å². The van der Waals surface area contributed by atoms with Gasteiger partial charge in [0.15, 0.2) is 0 Å². The molecule has 1 heterocycles. The van der Waals surface area contributed by atoms with Crippen LogP contribution in [0.25, 0.3) is 0 Å². The van der Waals surface area contributed by atoms with Gasteiger partial charge in [-0.1, -0.05) is 0 Å². The highest BCUT2D eigenvalue weighted by molar-refractivity contribution is 6.36. The van der Waals surface area contributed by atoms with Gasteiger partial charge in [0.25, 0.3) is 5.78 Å². The highest BCUT2D eigenvalue weighted by Gasteiger charge is 2.39. The summed E-state index contributed by atoms with van der Waals surface area (Å²) in [6.07, 6.45) is 0.571. The number of methoxy groups -OCH3 is 1. The number of hydrogen-bond donors (Lipinski definition) is 0. The van der Waals surface area contributed by atoms with Crippen LogP contribution in [-0.4, -0.2) is 48.0 Å². The van der Waals surface area contributed by atoms with E-state index >= 15 is 0 Å². The molecule has 1 unspecified atom stereocenters. The zero-order valence-corrected chi connectivity index (χ0v) is 11.2. The second-order valence-electron chi connectivity index (χ2n) is 5.19. The molecule has 1 amide bonds. The van der Waals surface area contributed by atoms with Crippen molar-refractivity contribution in [2.24, 2.45) is 0 Å². The van der Waals surface area contributed by atoms with Gasteiger partial charge < -0.3 is 9.47 Å². The third-order valence-corrected chi connectivity index (χ3v) is 2.57. The molecule has 6 nitrogen and oxygen atoms in total. The summed E-state index contributed by atoms with van der Waals surface area (Å²) in [6, 6.07) is -0.757. The van der Waals surface area contributed by atoms with Gasteiger partial charge in [0, 0.05) is 6.54 Å². The Kier molecular flexibility index (Phi) is 4.32. The van der Waals surface area contributed by atoms with E-state index in [0.29, 0.717) is 19.4 Å². The zero-order valence-electron chi connectivity index (χ0n) is 11.2. The first-order chi connectivity index (χ1) is 8.26. The Bertz CT molecular complexity index is 358. The van der Waals surface area contributed by atoms with Crippen LogP contribution in [0.1, 0.15) is 33.6 Å². The first-order valence-electron chi connectivity index (χ1n) is 5.88. The topological polar surface area (TPSA) is 72.9 Å². The molecule has 1 rings (SSSR count). The Morgan fingerprint density at radius 2 is 1.83 bits per heavy atom. The molecule has 18 heavy (non-hydrogen) atoms. The van der Waals surface area contributed by atoms with E-state index in [2.05, 4.69) is 4.74 Å². The van der Waals surface area contributed by atoms with Crippen molar-refractivity contribution in [3.63, 3.8) is 0 Å². The van der Waals surface area contributed by atoms with E-state index in [9.17, 15) is 14.4 Å². The van der Waals surface area contributed by atoms with Crippen molar-refractivity contribution < 1.29 is 23.9 Å². The lowest BCUT2D eigenvalue weighted by Gasteiger charge is -2.27. The minimum Gasteiger partial charge on any atom is -0.463 e. The summed E-state index contributed by atoms with van der Waals surface area (Å²) >= 11 is 0. The molecule has 0 aliphatic carbocycles. The fourth-order valence-corrected chi connectivity index (χ4v) is 1.82. The second-order valence-corrected chi connectivity index (χ2v) is 5.19. The molecule has 0 aromatic heterocycles. The summed E-state index contributed by atoms with van der Waals surface area (Å²) in [6.45, 7) is 5.66. The minimum atomic E-state index is -0.921. The smallest absolute Gasteiger partial charge is 0.410 e. The average Bonchev–Trinajstić information content (AvgIpc) is 2.73. The SMILES string of the molecule is COC(=O)C(=O)C1CCCN1C(=O)OC(C)(C)C. The van der Waals surface area contributed by atoms with E-state index in [4.69, 9.17) is 4.74 Å². The molecule has 1 saturated heterocycles. The van der Waals surface area contributed by atoms with Gasteiger partial charge in [-0.05, 0) is 33.6 Å². The molecular formula is C12H19NO5. The van der Waals surface area contributed by atoms with Crippen molar-refractivity contribution >= 4 is 17.8 Å². The van der Waals surface area contributed by atoms with Crippen LogP contribution in [0.5, 0.6) is 0 Å². The highest BCUT2D eigenvalue weighted by atomic mass is 16.6. The normalized spacial score (nSPS) is 19.6. The molecule has 1 fully saturated rings. The van der Waals surface area contributed by atoms with Crippen LogP contribution in [0.2, 0.25) is 0 Å². The number of ketones is 1. The zero-order chi connectivity index (χ0) is 13.9. The van der Waals surface area contributed by atoms with Crippen LogP contribution < -0.4 is 0 Å². The fraction of sp³-hybridized carbons (Fsp3) is 0.750. The molecule has 1 aliphatic heterocycles. The lowest BCUT2D eigenvalue weighted by atomic mass is 10.1. The largest absolute Gasteiger partial charge is 0.463 e. The van der Waals surface area contributed by atoms with Gasteiger partial charge >= 0.3 is 12.1 Å². The number of hydrogen-bond acceptors (Lipinski definition) is 5. The lowest BCUT2D eigenvalue weighted by Crippen LogP contribution is -2.45. The maximum Gasteiger partial charge on any atom is 0.410 e. The summed E-state index contributed by atoms with van der Waals surface area (Å²) in [5, 5.41) is 0. The van der Waals surface area contributed by atoms with Crippen molar-refractivity contribution in [2.75, 3.05) is 13.7 Å². The van der Waals surface area contributed by atoms with Crippen molar-refractivity contribution in [2.45, 2.75) is 45.3 Å². The standard InChI is InChI=1S/C12H19NO5/c1-12(2,3)18-11(16)13-7-5-6-8(13)9(14)10(15)17-4/h8H,5-7H2,1-4H3. The van der Waals surface area contributed by atoms with Crippen LogP contribution >= 0.6 is 0 Å². The molecule has 0 N–H and O–H groups in total. The Hall–Kier alpha value is -1.59. The van der Waals surface area contributed by atoms with E-state index in [1.165, 1.54) is 4.90 Å². The molecule has 1 aliphatic rings. The Balaban J connectivity index is 2.73. The van der Waals surface area contributed by atoms with Gasteiger partial charge in [-0.25, -0.2) is 9.59 Å². The number of nitrogens with zero attached hydrogens (tertiary/aromatic N) is 1. The monoisotopic (exact) mass is 257 g/mol. The van der Waals surface area contributed by atoms with E-state index in [-0.39, 0.29) is 0 Å². The van der Waals surface area contributed by atoms with E-state index < -0.39 is 29.5 Å². The van der Waals surface area contributed by atoms with E-state index in [1.54, 1.807) is 20.8 Å². The summed E-state index contributed by atoms with van der Waals surface area (Å²) in [4.78, 5) is 36.1. The number of esters is 1. The van der Waals surface area contributed by atoms with Crippen LogP contribution in [0, 0.1) is 0 Å². The molecule has 0 aromatic carbocycles. The maximum atomic E-state index is 11.9. The lowest BCUT2D eigenvalue weighted by molar-refractivity contribution is -0.153. The van der Waals surface area contributed by atoms with Gasteiger partial charge in [-0.2, -0.15) is 0 Å². The Morgan fingerprint density at radius 3 is 2.33 bits per heavy atom. The van der Waals surface area contributed by atoms with Crippen LogP contribution in [0.15, 0.2) is 0 Å². The van der Waals surface area contributed by atoms with E-state index in [1.807, 2.05) is 0 Å². The fourth-order valence-electron chi connectivity index (χ4n) is 1.82. The van der Waals surface area contributed by atoms with Gasteiger partial charge in [0.2, 0.25) is 0 Å². The summed E-state index contributed by atoms with van der Waals surface area (Å²) in [5.41, 5.74) is -0.626. The minimum absolute atomic E-state index is 0.419. The van der Waals surface area contributed by atoms with Gasteiger partial charge in [0.05, 0.1) is 7.11 Å². The number of Topliss-reactive ketones (excluding diaryl/α,β-unsaturated/α-hetero) is 1. The van der Waals surface area contributed by atoms with Crippen molar-refractivity contribution in [1.82, 2.24) is 4.90 Å². The first kappa shape index (κ1) is 14.5. The predicted octanol–water partition coefficient (Wildman–Crippen LogP) is 1.13. The van der Waals surface area contributed by atoms with Crippen molar-refractivity contribution in [1.29, 1.82) is 0 Å². The molecule has 1 atom stereocenters. The molecule has 0 bridgehead atoms. The average molecular weight is 257 g/mol. The van der Waals surface area contributed by atoms with E-state index in [0.717, 1.165) is 7.11 Å². The highest BCUT2D eigenvalue weighted by Crippen LogP contribution is 2.21. The third-order valence-electron chi connectivity index (χ3n) is 2.57. The van der Waals surface area contributed by atoms with Crippen LogP contribution in [-0.2, 0) is 19.1 Å². The number of carbonyl (C=O) groups is 3. The summed E-state index contributed by atoms with van der Waals surface area (Å²) < 4.78 is 9.58. The maximum absolute atomic E-state index is 11.9. The van der Waals surface area contributed by atoms with Gasteiger partial charge in [-0.3, -0.25) is 9.69 Å². The number of likely N-dealkylation sites (tertiary alicyclic amines) is 1. The molecule has 0 saturated carbocycles. The Morgan fingerprint density at radius 1 is 1.22 bits per heavy atom. The molecular weight excluding hydrogens is 238 g/mol. The molecule has 0 aromatic rings. The van der Waals surface area contributed by atoms with Crippen molar-refractivity contribution in [3.8, 4) is 0 Å². The van der Waals surface area contributed by atoms with Gasteiger partial charge in [-0.15, -0.1) is 0 Å². The summed E-state index contributed by atoms with van der Waals surface area (Å²) in [5.74, 6) is -1.61. The first-order valence-corrected chi connectivity index (χ1v) is 5.88. The van der Waals surface area contributed by atoms with Crippen LogP contribution in [0.4, 0.5) is 4.79 Å². The molecule has 0 spiro atoms. The molecule has 0 radical (unpaired) electrons. The second kappa shape index (κ2) is 5.37. The molecule has 102 valence electrons. The van der Waals surface area contributed by atoms with Crippen LogP contribution in [0.3, 0.4) is 0 Å². The number of rotatable bonds is 2. The number of amides is 1. The van der Waals surface area contributed by atoms with Crippen molar-refractivity contribution in [3.05, 3.63) is 0 Å². The van der Waals surface area contributed by atoms with Gasteiger partial charge in [0.1, 0.15) is 11.6 Å².